The molecule has 2 aromatic rings. The molecule has 0 saturated heterocycles. The van der Waals surface area contributed by atoms with Crippen LogP contribution in [0.25, 0.3) is 0 Å². The molecule has 1 unspecified atom stereocenters. The van der Waals surface area contributed by atoms with Crippen LogP contribution < -0.4 is 10.2 Å². The van der Waals surface area contributed by atoms with Crippen LogP contribution >= 0.6 is 15.9 Å². The van der Waals surface area contributed by atoms with Gasteiger partial charge in [-0.2, -0.15) is 0 Å². The first kappa shape index (κ1) is 15.5. The summed E-state index contributed by atoms with van der Waals surface area (Å²) >= 11 is 3.47. The maximum atomic E-state index is 9.95. The zero-order valence-electron chi connectivity index (χ0n) is 12.3. The summed E-state index contributed by atoms with van der Waals surface area (Å²) in [6, 6.07) is 10.6. The molecule has 4 nitrogen and oxygen atoms in total. The monoisotopic (exact) mass is 350 g/mol. The van der Waals surface area contributed by atoms with Crippen molar-refractivity contribution in [2.45, 2.75) is 13.0 Å². The maximum Gasteiger partial charge on any atom is 0.124 e. The second-order valence-corrected chi connectivity index (χ2v) is 6.08. The van der Waals surface area contributed by atoms with Crippen molar-refractivity contribution in [1.29, 1.82) is 0 Å². The van der Waals surface area contributed by atoms with Crippen molar-refractivity contribution in [1.82, 2.24) is 0 Å². The molecular weight excluding hydrogens is 332 g/mol. The van der Waals surface area contributed by atoms with E-state index in [1.165, 1.54) is 6.07 Å². The molecule has 112 valence electrons. The van der Waals surface area contributed by atoms with Gasteiger partial charge < -0.3 is 20.4 Å². The average Bonchev–Trinajstić information content (AvgIpc) is 2.37. The summed E-state index contributed by atoms with van der Waals surface area (Å²) in [6.07, 6.45) is 0. The largest absolute Gasteiger partial charge is 0.508 e. The van der Waals surface area contributed by atoms with Crippen molar-refractivity contribution in [3.63, 3.8) is 0 Å². The number of hydrogen-bond acceptors (Lipinski definition) is 4. The summed E-state index contributed by atoms with van der Waals surface area (Å²) in [5.41, 5.74) is 2.76. The van der Waals surface area contributed by atoms with E-state index in [0.29, 0.717) is 0 Å². The fourth-order valence-corrected chi connectivity index (χ4v) is 2.58. The lowest BCUT2D eigenvalue weighted by atomic mass is 10.1. The molecule has 0 radical (unpaired) electrons. The standard InChI is InChI=1S/C16H19BrN2O2/c1-10(13-6-5-12(20)9-16(13)21)18-14-8-11(17)4-7-15(14)19(2)3/h4-10,18,20-21H,1-3H3. The highest BCUT2D eigenvalue weighted by molar-refractivity contribution is 9.10. The number of nitrogens with one attached hydrogen (secondary N) is 1. The molecule has 3 N–H and O–H groups in total. The van der Waals surface area contributed by atoms with Crippen molar-refractivity contribution < 1.29 is 10.2 Å². The van der Waals surface area contributed by atoms with E-state index in [1.807, 2.05) is 44.1 Å². The van der Waals surface area contributed by atoms with Crippen LogP contribution in [-0.2, 0) is 0 Å². The third-order valence-corrected chi connectivity index (χ3v) is 3.79. The highest BCUT2D eigenvalue weighted by Gasteiger charge is 2.13. The topological polar surface area (TPSA) is 55.7 Å². The zero-order chi connectivity index (χ0) is 15.6. The fourth-order valence-electron chi connectivity index (χ4n) is 2.22. The van der Waals surface area contributed by atoms with Crippen molar-refractivity contribution >= 4 is 27.3 Å². The number of anilines is 2. The third kappa shape index (κ3) is 3.61. The smallest absolute Gasteiger partial charge is 0.124 e. The molecule has 0 aliphatic rings. The summed E-state index contributed by atoms with van der Waals surface area (Å²) in [6.45, 7) is 1.96. The predicted molar refractivity (Wildman–Crippen MR) is 90.3 cm³/mol. The fraction of sp³-hybridized carbons (Fsp3) is 0.250. The molecule has 2 rings (SSSR count). The van der Waals surface area contributed by atoms with Gasteiger partial charge in [0.25, 0.3) is 0 Å². The van der Waals surface area contributed by atoms with E-state index < -0.39 is 0 Å². The number of rotatable bonds is 4. The van der Waals surface area contributed by atoms with Gasteiger partial charge in [0.1, 0.15) is 11.5 Å². The van der Waals surface area contributed by atoms with Crippen LogP contribution in [0.2, 0.25) is 0 Å². The summed E-state index contributed by atoms with van der Waals surface area (Å²) in [5, 5.41) is 22.7. The van der Waals surface area contributed by atoms with Crippen molar-refractivity contribution in [3.05, 3.63) is 46.4 Å². The minimum atomic E-state index is -0.0985. The molecule has 0 saturated carbocycles. The highest BCUT2D eigenvalue weighted by atomic mass is 79.9. The van der Waals surface area contributed by atoms with Crippen LogP contribution in [0.15, 0.2) is 40.9 Å². The van der Waals surface area contributed by atoms with E-state index >= 15 is 0 Å². The van der Waals surface area contributed by atoms with Gasteiger partial charge in [-0.25, -0.2) is 0 Å². The molecule has 0 amide bonds. The number of benzene rings is 2. The third-order valence-electron chi connectivity index (χ3n) is 3.29. The molecule has 2 aromatic carbocycles. The van der Waals surface area contributed by atoms with E-state index in [9.17, 15) is 10.2 Å². The van der Waals surface area contributed by atoms with Gasteiger partial charge in [-0.1, -0.05) is 15.9 Å². The quantitative estimate of drug-likeness (QED) is 0.776. The Morgan fingerprint density at radius 1 is 1.10 bits per heavy atom. The van der Waals surface area contributed by atoms with Gasteiger partial charge >= 0.3 is 0 Å². The van der Waals surface area contributed by atoms with Crippen LogP contribution in [-0.4, -0.2) is 24.3 Å². The first-order valence-corrected chi connectivity index (χ1v) is 7.43. The van der Waals surface area contributed by atoms with Crippen molar-refractivity contribution in [2.75, 3.05) is 24.3 Å². The van der Waals surface area contributed by atoms with Gasteiger partial charge in [-0.15, -0.1) is 0 Å². The SMILES string of the molecule is CC(Nc1cc(Br)ccc1N(C)C)c1ccc(O)cc1O. The normalized spacial score (nSPS) is 12.0. The van der Waals surface area contributed by atoms with Gasteiger partial charge in [-0.05, 0) is 37.3 Å². The van der Waals surface area contributed by atoms with E-state index in [0.717, 1.165) is 21.4 Å². The van der Waals surface area contributed by atoms with Crippen LogP contribution in [0.3, 0.4) is 0 Å². The molecule has 0 spiro atoms. The molecular formula is C16H19BrN2O2. The number of halogens is 1. The number of phenols is 2. The van der Waals surface area contributed by atoms with Crippen LogP contribution in [0.4, 0.5) is 11.4 Å². The highest BCUT2D eigenvalue weighted by Crippen LogP contribution is 2.34. The van der Waals surface area contributed by atoms with Gasteiger partial charge in [0, 0.05) is 30.2 Å². The van der Waals surface area contributed by atoms with E-state index in [-0.39, 0.29) is 17.5 Å². The Morgan fingerprint density at radius 3 is 2.43 bits per heavy atom. The first-order chi connectivity index (χ1) is 9.88. The lowest BCUT2D eigenvalue weighted by Crippen LogP contribution is -2.14. The summed E-state index contributed by atoms with van der Waals surface area (Å²) in [7, 11) is 3.97. The Bertz CT molecular complexity index is 644. The average molecular weight is 351 g/mol. The molecule has 0 bridgehead atoms. The molecule has 0 heterocycles. The first-order valence-electron chi connectivity index (χ1n) is 6.63. The second kappa shape index (κ2) is 6.26. The maximum absolute atomic E-state index is 9.95. The Morgan fingerprint density at radius 2 is 1.81 bits per heavy atom. The van der Waals surface area contributed by atoms with Gasteiger partial charge in [0.2, 0.25) is 0 Å². The lowest BCUT2D eigenvalue weighted by molar-refractivity contribution is 0.444. The zero-order valence-corrected chi connectivity index (χ0v) is 13.8. The van der Waals surface area contributed by atoms with Crippen LogP contribution in [0.1, 0.15) is 18.5 Å². The summed E-state index contributed by atoms with van der Waals surface area (Å²) < 4.78 is 0.984. The number of hydrogen-bond donors (Lipinski definition) is 3. The van der Waals surface area contributed by atoms with Gasteiger partial charge in [0.15, 0.2) is 0 Å². The van der Waals surface area contributed by atoms with E-state index in [2.05, 4.69) is 21.2 Å². The Hall–Kier alpha value is -1.88. The summed E-state index contributed by atoms with van der Waals surface area (Å²) in [4.78, 5) is 2.03. The van der Waals surface area contributed by atoms with Gasteiger partial charge in [0.05, 0.1) is 17.4 Å². The lowest BCUT2D eigenvalue weighted by Gasteiger charge is -2.23. The Labute approximate surface area is 133 Å². The van der Waals surface area contributed by atoms with Crippen molar-refractivity contribution in [3.8, 4) is 11.5 Å². The van der Waals surface area contributed by atoms with Crippen molar-refractivity contribution in [2.24, 2.45) is 0 Å². The molecule has 0 aromatic heterocycles. The molecule has 0 aliphatic heterocycles. The number of phenolic OH excluding ortho intramolecular Hbond substituents is 2. The molecule has 21 heavy (non-hydrogen) atoms. The summed E-state index contributed by atoms with van der Waals surface area (Å²) in [5.74, 6) is 0.135. The van der Waals surface area contributed by atoms with Crippen LogP contribution in [0, 0.1) is 0 Å². The molecule has 0 fully saturated rings. The van der Waals surface area contributed by atoms with Crippen LogP contribution in [0.5, 0.6) is 11.5 Å². The molecule has 5 heteroatoms. The Balaban J connectivity index is 2.31. The van der Waals surface area contributed by atoms with E-state index in [1.54, 1.807) is 12.1 Å². The molecule has 1 atom stereocenters. The number of nitrogens with zero attached hydrogens (tertiary/aromatic N) is 1. The van der Waals surface area contributed by atoms with Gasteiger partial charge in [-0.3, -0.25) is 0 Å². The Kier molecular flexibility index (Phi) is 4.63. The van der Waals surface area contributed by atoms with E-state index in [4.69, 9.17) is 0 Å². The second-order valence-electron chi connectivity index (χ2n) is 5.17. The molecule has 0 aliphatic carbocycles. The number of aromatic hydroxyl groups is 2. The minimum Gasteiger partial charge on any atom is -0.508 e. The minimum absolute atomic E-state index is 0.0555. The predicted octanol–water partition coefficient (Wildman–Crippen LogP) is 4.10.